The summed E-state index contributed by atoms with van der Waals surface area (Å²) in [5.41, 5.74) is 0. The SMILES string of the molecule is C=CI.O=C1CC=CC1. The summed E-state index contributed by atoms with van der Waals surface area (Å²) in [7, 11) is 0. The molecule has 50 valence electrons. The molecule has 0 saturated heterocycles. The van der Waals surface area contributed by atoms with Crippen molar-refractivity contribution in [1.82, 2.24) is 0 Å². The molecule has 0 fully saturated rings. The fraction of sp³-hybridized carbons (Fsp3) is 0.286. The number of hydrogen-bond donors (Lipinski definition) is 0. The molecule has 2 heteroatoms. The molecule has 0 unspecified atom stereocenters. The van der Waals surface area contributed by atoms with Crippen LogP contribution in [0.4, 0.5) is 0 Å². The number of halogens is 1. The van der Waals surface area contributed by atoms with Gasteiger partial charge in [-0.05, 0) is 4.08 Å². The number of Topliss-reactive ketones (excluding diaryl/α,β-unsaturated/α-hetero) is 1. The van der Waals surface area contributed by atoms with Crippen LogP contribution in [0.1, 0.15) is 12.8 Å². The second-order valence-corrected chi connectivity index (χ2v) is 2.45. The summed E-state index contributed by atoms with van der Waals surface area (Å²) in [6, 6.07) is 0. The van der Waals surface area contributed by atoms with Crippen LogP contribution in [-0.2, 0) is 4.79 Å². The number of carbonyl (C=O) groups is 1. The highest BCUT2D eigenvalue weighted by molar-refractivity contribution is 14.1. The maximum absolute atomic E-state index is 10.2. The van der Waals surface area contributed by atoms with Gasteiger partial charge in [-0.2, -0.15) is 0 Å². The third-order valence-electron chi connectivity index (χ3n) is 0.858. The average Bonchev–Trinajstić information content (AvgIpc) is 2.20. The Bertz CT molecular complexity index is 117. The van der Waals surface area contributed by atoms with Gasteiger partial charge in [0.05, 0.1) is 0 Å². The molecular weight excluding hydrogens is 227 g/mol. The lowest BCUT2D eigenvalue weighted by Crippen LogP contribution is -1.83. The normalized spacial score (nSPS) is 14.6. The van der Waals surface area contributed by atoms with Gasteiger partial charge in [0, 0.05) is 12.8 Å². The number of rotatable bonds is 0. The van der Waals surface area contributed by atoms with Crippen molar-refractivity contribution >= 4 is 28.4 Å². The van der Waals surface area contributed by atoms with E-state index in [4.69, 9.17) is 0 Å². The first-order valence-corrected chi connectivity index (χ1v) is 3.93. The minimum Gasteiger partial charge on any atom is -0.299 e. The minimum atomic E-state index is 0.343. The summed E-state index contributed by atoms with van der Waals surface area (Å²) in [5.74, 6) is 0.343. The zero-order chi connectivity index (χ0) is 7.11. The summed E-state index contributed by atoms with van der Waals surface area (Å²) in [4.78, 5) is 10.2. The fourth-order valence-corrected chi connectivity index (χ4v) is 0.513. The van der Waals surface area contributed by atoms with Gasteiger partial charge in [-0.1, -0.05) is 41.3 Å². The van der Waals surface area contributed by atoms with Crippen LogP contribution >= 0.6 is 22.6 Å². The second kappa shape index (κ2) is 6.01. The summed E-state index contributed by atoms with van der Waals surface area (Å²) >= 11 is 2.05. The first kappa shape index (κ1) is 8.88. The van der Waals surface area contributed by atoms with Crippen molar-refractivity contribution in [2.24, 2.45) is 0 Å². The highest BCUT2D eigenvalue weighted by atomic mass is 127. The van der Waals surface area contributed by atoms with Crippen molar-refractivity contribution in [3.05, 3.63) is 22.8 Å². The third-order valence-corrected chi connectivity index (χ3v) is 0.858. The molecule has 0 bridgehead atoms. The average molecular weight is 236 g/mol. The summed E-state index contributed by atoms with van der Waals surface area (Å²) in [6.45, 7) is 3.35. The van der Waals surface area contributed by atoms with E-state index in [2.05, 4.69) is 29.2 Å². The molecule has 0 amide bonds. The van der Waals surface area contributed by atoms with Gasteiger partial charge in [0.15, 0.2) is 0 Å². The molecule has 0 radical (unpaired) electrons. The van der Waals surface area contributed by atoms with Gasteiger partial charge in [-0.25, -0.2) is 0 Å². The lowest BCUT2D eigenvalue weighted by molar-refractivity contribution is -0.116. The summed E-state index contributed by atoms with van der Waals surface area (Å²) in [5, 5.41) is 0. The third kappa shape index (κ3) is 5.76. The van der Waals surface area contributed by atoms with E-state index in [9.17, 15) is 4.79 Å². The number of hydrogen-bond acceptors (Lipinski definition) is 1. The van der Waals surface area contributed by atoms with Crippen LogP contribution in [0.25, 0.3) is 0 Å². The van der Waals surface area contributed by atoms with E-state index in [1.807, 2.05) is 12.2 Å². The molecule has 0 aliphatic heterocycles. The van der Waals surface area contributed by atoms with Crippen LogP contribution in [0.15, 0.2) is 22.8 Å². The Morgan fingerprint density at radius 2 is 1.89 bits per heavy atom. The first-order chi connectivity index (χ1) is 4.31. The molecule has 9 heavy (non-hydrogen) atoms. The zero-order valence-electron chi connectivity index (χ0n) is 5.14. The van der Waals surface area contributed by atoms with Crippen molar-refractivity contribution in [2.45, 2.75) is 12.8 Å². The van der Waals surface area contributed by atoms with Crippen LogP contribution in [0.2, 0.25) is 0 Å². The van der Waals surface area contributed by atoms with Gasteiger partial charge in [-0.3, -0.25) is 4.79 Å². The molecule has 1 aliphatic carbocycles. The largest absolute Gasteiger partial charge is 0.299 e. The minimum absolute atomic E-state index is 0.343. The molecular formula is C7H9IO. The van der Waals surface area contributed by atoms with Gasteiger partial charge >= 0.3 is 0 Å². The van der Waals surface area contributed by atoms with Crippen LogP contribution in [-0.4, -0.2) is 5.78 Å². The Labute approximate surface area is 69.0 Å². The quantitative estimate of drug-likeness (QED) is 0.466. The van der Waals surface area contributed by atoms with E-state index in [0.29, 0.717) is 18.6 Å². The molecule has 0 aromatic rings. The Kier molecular flexibility index (Phi) is 5.93. The van der Waals surface area contributed by atoms with E-state index in [1.54, 1.807) is 4.08 Å². The van der Waals surface area contributed by atoms with Crippen molar-refractivity contribution in [2.75, 3.05) is 0 Å². The van der Waals surface area contributed by atoms with Crippen molar-refractivity contribution < 1.29 is 4.79 Å². The monoisotopic (exact) mass is 236 g/mol. The molecule has 1 rings (SSSR count). The predicted octanol–water partition coefficient (Wildman–Crippen LogP) is 2.47. The fourth-order valence-electron chi connectivity index (χ4n) is 0.513. The van der Waals surface area contributed by atoms with Crippen LogP contribution in [0.5, 0.6) is 0 Å². The van der Waals surface area contributed by atoms with Crippen molar-refractivity contribution in [3.63, 3.8) is 0 Å². The number of carbonyl (C=O) groups excluding carboxylic acids is 1. The topological polar surface area (TPSA) is 17.1 Å². The van der Waals surface area contributed by atoms with E-state index in [1.165, 1.54) is 0 Å². The van der Waals surface area contributed by atoms with E-state index >= 15 is 0 Å². The van der Waals surface area contributed by atoms with Crippen LogP contribution < -0.4 is 0 Å². The van der Waals surface area contributed by atoms with Crippen molar-refractivity contribution in [1.29, 1.82) is 0 Å². The predicted molar refractivity (Wildman–Crippen MR) is 47.6 cm³/mol. The number of allylic oxidation sites excluding steroid dienone is 2. The molecule has 1 nitrogen and oxygen atoms in total. The maximum atomic E-state index is 10.2. The smallest absolute Gasteiger partial charge is 0.140 e. The molecule has 0 saturated carbocycles. The Hall–Kier alpha value is -0.120. The van der Waals surface area contributed by atoms with E-state index in [-0.39, 0.29) is 0 Å². The molecule has 0 aromatic carbocycles. The van der Waals surface area contributed by atoms with Gasteiger partial charge < -0.3 is 0 Å². The van der Waals surface area contributed by atoms with E-state index in [0.717, 1.165) is 0 Å². The molecule has 1 aliphatic rings. The lowest BCUT2D eigenvalue weighted by atomic mass is 10.3. The maximum Gasteiger partial charge on any atom is 0.140 e. The molecule has 0 aromatic heterocycles. The van der Waals surface area contributed by atoms with Gasteiger partial charge in [0.1, 0.15) is 5.78 Å². The second-order valence-electron chi connectivity index (χ2n) is 1.57. The lowest BCUT2D eigenvalue weighted by Gasteiger charge is -1.72. The van der Waals surface area contributed by atoms with Crippen LogP contribution in [0, 0.1) is 0 Å². The van der Waals surface area contributed by atoms with Gasteiger partial charge in [0.2, 0.25) is 0 Å². The Morgan fingerprint density at radius 1 is 1.56 bits per heavy atom. The molecule has 0 N–H and O–H groups in total. The van der Waals surface area contributed by atoms with Crippen LogP contribution in [0.3, 0.4) is 0 Å². The molecule has 0 heterocycles. The highest BCUT2D eigenvalue weighted by Gasteiger charge is 1.99. The highest BCUT2D eigenvalue weighted by Crippen LogP contribution is 2.00. The zero-order valence-corrected chi connectivity index (χ0v) is 7.30. The molecule has 0 atom stereocenters. The standard InChI is InChI=1S/C5H6O.C2H3I/c6-5-3-1-2-4-5;1-2-3/h1-2H,3-4H2;2H,1H2. The summed E-state index contributed by atoms with van der Waals surface area (Å²) < 4.78 is 1.72. The molecule has 0 spiro atoms. The number of ketones is 1. The van der Waals surface area contributed by atoms with E-state index < -0.39 is 0 Å². The summed E-state index contributed by atoms with van der Waals surface area (Å²) in [6.07, 6.45) is 5.14. The Balaban J connectivity index is 0.000000187. The Morgan fingerprint density at radius 3 is 2.00 bits per heavy atom. The first-order valence-electron chi connectivity index (χ1n) is 2.69. The van der Waals surface area contributed by atoms with Gasteiger partial charge in [0.25, 0.3) is 0 Å². The van der Waals surface area contributed by atoms with Gasteiger partial charge in [-0.15, -0.1) is 0 Å². The van der Waals surface area contributed by atoms with Crippen molar-refractivity contribution in [3.8, 4) is 0 Å².